The Morgan fingerprint density at radius 1 is 1.46 bits per heavy atom. The zero-order chi connectivity index (χ0) is 9.68. The van der Waals surface area contributed by atoms with Gasteiger partial charge in [0, 0.05) is 24.2 Å². The van der Waals surface area contributed by atoms with E-state index in [1.807, 2.05) is 20.2 Å². The molecule has 0 bridgehead atoms. The second kappa shape index (κ2) is 4.60. The fourth-order valence-corrected chi connectivity index (χ4v) is 1.18. The lowest BCUT2D eigenvalue weighted by Gasteiger charge is -1.95. The Morgan fingerprint density at radius 2 is 2.23 bits per heavy atom. The van der Waals surface area contributed by atoms with Crippen LogP contribution in [0.4, 0.5) is 0 Å². The van der Waals surface area contributed by atoms with Crippen LogP contribution in [0.15, 0.2) is 6.33 Å². The van der Waals surface area contributed by atoms with Crippen molar-refractivity contribution in [1.82, 2.24) is 15.3 Å². The van der Waals surface area contributed by atoms with Crippen molar-refractivity contribution in [2.45, 2.75) is 20.3 Å². The lowest BCUT2D eigenvalue weighted by molar-refractivity contribution is 1.02. The molecule has 3 heteroatoms. The first-order valence-corrected chi connectivity index (χ1v) is 4.44. The van der Waals surface area contributed by atoms with Crippen LogP contribution >= 0.6 is 0 Å². The van der Waals surface area contributed by atoms with E-state index in [9.17, 15) is 0 Å². The molecular weight excluding hydrogens is 162 g/mol. The van der Waals surface area contributed by atoms with Crippen molar-refractivity contribution in [1.29, 1.82) is 0 Å². The average Bonchev–Trinajstić information content (AvgIpc) is 2.11. The molecule has 0 fully saturated rings. The number of aryl methyl sites for hydroxylation is 1. The number of hydrogen-bond donors (Lipinski definition) is 1. The van der Waals surface area contributed by atoms with Crippen LogP contribution in [0.2, 0.25) is 0 Å². The zero-order valence-electron chi connectivity index (χ0n) is 8.33. The molecule has 0 amide bonds. The Balaban J connectivity index is 3.44. The smallest absolute Gasteiger partial charge is 0.116 e. The minimum Gasteiger partial charge on any atom is -0.393 e. The third-order valence-corrected chi connectivity index (χ3v) is 1.80. The quantitative estimate of drug-likeness (QED) is 0.687. The average molecular weight is 177 g/mol. The first kappa shape index (κ1) is 9.71. The van der Waals surface area contributed by atoms with E-state index in [1.54, 1.807) is 6.33 Å². The monoisotopic (exact) mass is 177 g/mol. The third-order valence-electron chi connectivity index (χ3n) is 1.80. The number of rotatable bonds is 2. The predicted octanol–water partition coefficient (Wildman–Crippen LogP) is -0.0671. The molecule has 0 aliphatic carbocycles. The number of aromatic nitrogens is 2. The zero-order valence-corrected chi connectivity index (χ0v) is 8.33. The summed E-state index contributed by atoms with van der Waals surface area (Å²) in [5.74, 6) is 0. The third kappa shape index (κ3) is 2.28. The molecule has 0 spiro atoms. The number of nitrogens with zero attached hydrogens (tertiary/aromatic N) is 2. The summed E-state index contributed by atoms with van der Waals surface area (Å²) in [7, 11) is 1.88. The van der Waals surface area contributed by atoms with Crippen LogP contribution in [0.3, 0.4) is 0 Å². The van der Waals surface area contributed by atoms with Crippen LogP contribution in [0.5, 0.6) is 0 Å². The molecule has 0 aliphatic rings. The van der Waals surface area contributed by atoms with Crippen LogP contribution in [0, 0.1) is 6.92 Å². The van der Waals surface area contributed by atoms with Crippen LogP contribution in [-0.4, -0.2) is 17.0 Å². The van der Waals surface area contributed by atoms with Gasteiger partial charge in [-0.3, -0.25) is 0 Å². The van der Waals surface area contributed by atoms with E-state index in [2.05, 4.69) is 28.3 Å². The summed E-state index contributed by atoms with van der Waals surface area (Å²) >= 11 is 0. The maximum Gasteiger partial charge on any atom is 0.116 e. The number of hydrogen-bond acceptors (Lipinski definition) is 3. The molecule has 1 heterocycles. The molecule has 1 rings (SSSR count). The van der Waals surface area contributed by atoms with Gasteiger partial charge in [0.15, 0.2) is 0 Å². The predicted molar refractivity (Wildman–Crippen MR) is 54.3 cm³/mol. The standard InChI is InChI=1S/C10H15N3/c1-4-5-10-9(6-11-3)8(2)12-7-13-10/h5-7,11H,4H2,1-3H3/b9-6?,10-5-. The van der Waals surface area contributed by atoms with Gasteiger partial charge in [0.1, 0.15) is 6.33 Å². The molecular formula is C10H15N3. The van der Waals surface area contributed by atoms with Crippen LogP contribution < -0.4 is 15.9 Å². The molecule has 0 unspecified atom stereocenters. The first-order chi connectivity index (χ1) is 6.29. The summed E-state index contributed by atoms with van der Waals surface area (Å²) in [6.07, 6.45) is 6.61. The maximum atomic E-state index is 4.21. The summed E-state index contributed by atoms with van der Waals surface area (Å²) in [5.41, 5.74) is 1.00. The molecule has 1 N–H and O–H groups in total. The Hall–Kier alpha value is -1.38. The summed E-state index contributed by atoms with van der Waals surface area (Å²) in [4.78, 5) is 8.35. The highest BCUT2D eigenvalue weighted by Gasteiger charge is 1.91. The second-order valence-electron chi connectivity index (χ2n) is 2.80. The van der Waals surface area contributed by atoms with Gasteiger partial charge in [0.2, 0.25) is 0 Å². The highest BCUT2D eigenvalue weighted by Crippen LogP contribution is 1.76. The van der Waals surface area contributed by atoms with E-state index in [-0.39, 0.29) is 0 Å². The van der Waals surface area contributed by atoms with Crippen molar-refractivity contribution in [2.24, 2.45) is 0 Å². The molecule has 0 aliphatic heterocycles. The van der Waals surface area contributed by atoms with Gasteiger partial charge in [-0.1, -0.05) is 13.0 Å². The Morgan fingerprint density at radius 3 is 2.85 bits per heavy atom. The maximum absolute atomic E-state index is 4.21. The Labute approximate surface area is 78.2 Å². The summed E-state index contributed by atoms with van der Waals surface area (Å²) < 4.78 is 0. The molecule has 70 valence electrons. The highest BCUT2D eigenvalue weighted by atomic mass is 14.8. The Bertz CT molecular complexity index is 382. The van der Waals surface area contributed by atoms with Gasteiger partial charge >= 0.3 is 0 Å². The van der Waals surface area contributed by atoms with E-state index in [1.165, 1.54) is 0 Å². The van der Waals surface area contributed by atoms with Crippen molar-refractivity contribution >= 4 is 12.3 Å². The normalized spacial score (nSPS) is 13.5. The van der Waals surface area contributed by atoms with Crippen LogP contribution in [-0.2, 0) is 0 Å². The van der Waals surface area contributed by atoms with E-state index in [4.69, 9.17) is 0 Å². The Kier molecular flexibility index (Phi) is 3.43. The first-order valence-electron chi connectivity index (χ1n) is 4.44. The van der Waals surface area contributed by atoms with Gasteiger partial charge in [0.25, 0.3) is 0 Å². The van der Waals surface area contributed by atoms with Gasteiger partial charge in [-0.2, -0.15) is 0 Å². The lowest BCUT2D eigenvalue weighted by atomic mass is 10.3. The van der Waals surface area contributed by atoms with Crippen molar-refractivity contribution in [3.8, 4) is 0 Å². The summed E-state index contributed by atoms with van der Waals surface area (Å²) in [6, 6.07) is 0. The molecule has 0 saturated carbocycles. The van der Waals surface area contributed by atoms with E-state index >= 15 is 0 Å². The number of nitrogens with one attached hydrogen (secondary N) is 1. The molecule has 13 heavy (non-hydrogen) atoms. The van der Waals surface area contributed by atoms with Crippen LogP contribution in [0.25, 0.3) is 12.3 Å². The van der Waals surface area contributed by atoms with Gasteiger partial charge in [-0.15, -0.1) is 0 Å². The van der Waals surface area contributed by atoms with Crippen molar-refractivity contribution in [3.63, 3.8) is 0 Å². The highest BCUT2D eigenvalue weighted by molar-refractivity contribution is 5.28. The minimum atomic E-state index is 0.987. The van der Waals surface area contributed by atoms with Gasteiger partial charge in [-0.25, -0.2) is 9.97 Å². The van der Waals surface area contributed by atoms with Gasteiger partial charge < -0.3 is 5.32 Å². The molecule has 3 nitrogen and oxygen atoms in total. The second-order valence-corrected chi connectivity index (χ2v) is 2.80. The van der Waals surface area contributed by atoms with E-state index in [0.29, 0.717) is 0 Å². The minimum absolute atomic E-state index is 0.987. The van der Waals surface area contributed by atoms with Crippen molar-refractivity contribution in [3.05, 3.63) is 22.6 Å². The molecule has 0 radical (unpaired) electrons. The molecule has 0 saturated heterocycles. The van der Waals surface area contributed by atoms with Gasteiger partial charge in [-0.05, 0) is 13.3 Å². The fraction of sp³-hybridized carbons (Fsp3) is 0.400. The lowest BCUT2D eigenvalue weighted by Crippen LogP contribution is -2.33. The summed E-state index contributed by atoms with van der Waals surface area (Å²) in [6.45, 7) is 4.08. The van der Waals surface area contributed by atoms with Crippen molar-refractivity contribution in [2.75, 3.05) is 7.05 Å². The fourth-order valence-electron chi connectivity index (χ4n) is 1.18. The molecule has 1 aromatic rings. The van der Waals surface area contributed by atoms with Gasteiger partial charge in [0.05, 0.1) is 5.35 Å². The van der Waals surface area contributed by atoms with Crippen LogP contribution in [0.1, 0.15) is 19.0 Å². The SMILES string of the molecule is CC/C=c1\ncnc(C)c1=CNC. The molecule has 0 atom stereocenters. The topological polar surface area (TPSA) is 37.8 Å². The van der Waals surface area contributed by atoms with Crippen molar-refractivity contribution < 1.29 is 0 Å². The van der Waals surface area contributed by atoms with E-state index < -0.39 is 0 Å². The largest absolute Gasteiger partial charge is 0.393 e. The molecule has 1 aromatic heterocycles. The summed E-state index contributed by atoms with van der Waals surface area (Å²) in [5, 5.41) is 5.08. The van der Waals surface area contributed by atoms with E-state index in [0.717, 1.165) is 22.7 Å². The molecule has 0 aromatic carbocycles.